The Morgan fingerprint density at radius 3 is 2.64 bits per heavy atom. The van der Waals surface area contributed by atoms with E-state index >= 15 is 0 Å². The molecule has 0 aromatic carbocycles. The predicted octanol–water partition coefficient (Wildman–Crippen LogP) is 0.418. The summed E-state index contributed by atoms with van der Waals surface area (Å²) in [5, 5.41) is 19.0. The van der Waals surface area contributed by atoms with Gasteiger partial charge in [0, 0.05) is 20.1 Å². The molecule has 80 valence electrons. The summed E-state index contributed by atoms with van der Waals surface area (Å²) >= 11 is 0. The first-order chi connectivity index (χ1) is 6.70. The summed E-state index contributed by atoms with van der Waals surface area (Å²) in [6, 6.07) is 0. The van der Waals surface area contributed by atoms with Gasteiger partial charge in [-0.1, -0.05) is 18.2 Å². The van der Waals surface area contributed by atoms with Crippen LogP contribution in [0.3, 0.4) is 0 Å². The molecule has 4 nitrogen and oxygen atoms in total. The molecule has 0 saturated heterocycles. The van der Waals surface area contributed by atoms with Gasteiger partial charge in [0.15, 0.2) is 12.6 Å². The second-order valence-corrected chi connectivity index (χ2v) is 3.15. The molecule has 0 amide bonds. The maximum atomic E-state index is 9.53. The fraction of sp³-hybridized carbons (Fsp3) is 0.600. The summed E-state index contributed by atoms with van der Waals surface area (Å²) in [4.78, 5) is 0. The number of hydrogen-bond acceptors (Lipinski definition) is 4. The smallest absolute Gasteiger partial charge is 0.177 e. The summed E-state index contributed by atoms with van der Waals surface area (Å²) in [6.45, 7) is 0. The maximum Gasteiger partial charge on any atom is 0.177 e. The van der Waals surface area contributed by atoms with Crippen LogP contribution in [0.4, 0.5) is 0 Å². The fourth-order valence-corrected chi connectivity index (χ4v) is 1.51. The average Bonchev–Trinajstić information content (AvgIpc) is 2.27. The van der Waals surface area contributed by atoms with Crippen LogP contribution < -0.4 is 0 Å². The third-order valence-electron chi connectivity index (χ3n) is 2.34. The Morgan fingerprint density at radius 2 is 2.07 bits per heavy atom. The summed E-state index contributed by atoms with van der Waals surface area (Å²) in [7, 11) is 2.85. The Hall–Kier alpha value is -0.680. The van der Waals surface area contributed by atoms with Gasteiger partial charge in [0.05, 0.1) is 0 Å². The predicted molar refractivity (Wildman–Crippen MR) is 51.4 cm³/mol. The summed E-state index contributed by atoms with van der Waals surface area (Å²) in [5.74, 6) is -0.236. The van der Waals surface area contributed by atoms with Crippen LogP contribution in [0.15, 0.2) is 23.8 Å². The molecule has 0 bridgehead atoms. The highest BCUT2D eigenvalue weighted by atomic mass is 16.6. The molecule has 1 aliphatic carbocycles. The zero-order valence-electron chi connectivity index (χ0n) is 8.38. The average molecular weight is 200 g/mol. The van der Waals surface area contributed by atoms with Crippen molar-refractivity contribution in [2.45, 2.75) is 19.0 Å². The summed E-state index contributed by atoms with van der Waals surface area (Å²) in [5.41, 5.74) is 0.643. The molecule has 0 aromatic rings. The third kappa shape index (κ3) is 2.42. The van der Waals surface area contributed by atoms with Gasteiger partial charge in [-0.3, -0.25) is 0 Å². The van der Waals surface area contributed by atoms with Crippen molar-refractivity contribution in [3.63, 3.8) is 0 Å². The lowest BCUT2D eigenvalue weighted by atomic mass is 9.90. The molecule has 2 N–H and O–H groups in total. The minimum absolute atomic E-state index is 0.236. The summed E-state index contributed by atoms with van der Waals surface area (Å²) in [6.07, 6.45) is 4.24. The van der Waals surface area contributed by atoms with Gasteiger partial charge in [0.25, 0.3) is 0 Å². The molecule has 0 heterocycles. The first-order valence-electron chi connectivity index (χ1n) is 4.49. The van der Waals surface area contributed by atoms with Crippen LogP contribution in [0.25, 0.3) is 0 Å². The Kier molecular flexibility index (Phi) is 4.28. The van der Waals surface area contributed by atoms with E-state index in [0.29, 0.717) is 12.0 Å². The molecule has 0 aromatic heterocycles. The first-order valence-corrected chi connectivity index (χ1v) is 4.49. The van der Waals surface area contributed by atoms with Crippen LogP contribution in [0.5, 0.6) is 0 Å². The molecule has 0 fully saturated rings. The van der Waals surface area contributed by atoms with E-state index in [1.165, 1.54) is 14.2 Å². The van der Waals surface area contributed by atoms with E-state index in [1.807, 2.05) is 12.2 Å². The lowest BCUT2D eigenvalue weighted by Gasteiger charge is -2.27. The molecule has 0 aliphatic heterocycles. The van der Waals surface area contributed by atoms with Gasteiger partial charge in [0.2, 0.25) is 0 Å². The number of methoxy groups -OCH3 is 2. The lowest BCUT2D eigenvalue weighted by Crippen LogP contribution is -2.30. The van der Waals surface area contributed by atoms with Crippen molar-refractivity contribution in [2.75, 3.05) is 14.2 Å². The van der Waals surface area contributed by atoms with Crippen molar-refractivity contribution < 1.29 is 19.7 Å². The van der Waals surface area contributed by atoms with Gasteiger partial charge >= 0.3 is 0 Å². The number of aliphatic hydroxyl groups excluding tert-OH is 2. The van der Waals surface area contributed by atoms with Gasteiger partial charge in [0.1, 0.15) is 0 Å². The molecular formula is C10H16O4. The van der Waals surface area contributed by atoms with Crippen molar-refractivity contribution in [1.82, 2.24) is 0 Å². The van der Waals surface area contributed by atoms with Crippen LogP contribution in [-0.2, 0) is 9.47 Å². The van der Waals surface area contributed by atoms with Crippen molar-refractivity contribution in [2.24, 2.45) is 5.92 Å². The monoisotopic (exact) mass is 200 g/mol. The van der Waals surface area contributed by atoms with Crippen LogP contribution in [0.2, 0.25) is 0 Å². The quantitative estimate of drug-likeness (QED) is 0.646. The number of hydrogen-bond donors (Lipinski definition) is 2. The fourth-order valence-electron chi connectivity index (χ4n) is 1.51. The Labute approximate surface area is 83.5 Å². The third-order valence-corrected chi connectivity index (χ3v) is 2.34. The maximum absolute atomic E-state index is 9.53. The highest BCUT2D eigenvalue weighted by Gasteiger charge is 2.27. The molecule has 1 aliphatic rings. The van der Waals surface area contributed by atoms with E-state index in [-0.39, 0.29) is 5.92 Å². The Bertz CT molecular complexity index is 234. The van der Waals surface area contributed by atoms with Gasteiger partial charge < -0.3 is 19.7 Å². The number of ether oxygens (including phenoxy) is 2. The van der Waals surface area contributed by atoms with E-state index in [1.54, 1.807) is 6.08 Å². The van der Waals surface area contributed by atoms with E-state index in [9.17, 15) is 10.2 Å². The zero-order chi connectivity index (χ0) is 10.6. The van der Waals surface area contributed by atoms with Crippen LogP contribution >= 0.6 is 0 Å². The molecule has 0 spiro atoms. The normalized spacial score (nSPS) is 25.7. The molecule has 3 atom stereocenters. The van der Waals surface area contributed by atoms with Gasteiger partial charge in [-0.25, -0.2) is 0 Å². The number of rotatable bonds is 4. The Morgan fingerprint density at radius 1 is 1.36 bits per heavy atom. The Balaban J connectivity index is 2.76. The molecule has 0 radical (unpaired) electrons. The first kappa shape index (κ1) is 11.4. The van der Waals surface area contributed by atoms with Gasteiger partial charge in [-0.15, -0.1) is 0 Å². The van der Waals surface area contributed by atoms with Gasteiger partial charge in [-0.05, 0) is 12.0 Å². The van der Waals surface area contributed by atoms with Crippen molar-refractivity contribution in [1.29, 1.82) is 0 Å². The molecule has 3 unspecified atom stereocenters. The van der Waals surface area contributed by atoms with Crippen molar-refractivity contribution >= 4 is 0 Å². The van der Waals surface area contributed by atoms with Crippen LogP contribution in [0.1, 0.15) is 6.42 Å². The summed E-state index contributed by atoms with van der Waals surface area (Å²) < 4.78 is 9.63. The molecule has 14 heavy (non-hydrogen) atoms. The molecule has 1 rings (SSSR count). The van der Waals surface area contributed by atoms with Crippen molar-refractivity contribution in [3.05, 3.63) is 23.8 Å². The minimum Gasteiger partial charge on any atom is -0.367 e. The van der Waals surface area contributed by atoms with Crippen molar-refractivity contribution in [3.8, 4) is 0 Å². The molecule has 0 saturated carbocycles. The largest absolute Gasteiger partial charge is 0.367 e. The van der Waals surface area contributed by atoms with Crippen LogP contribution in [0, 0.1) is 5.92 Å². The molecular weight excluding hydrogens is 184 g/mol. The molecule has 4 heteroatoms. The lowest BCUT2D eigenvalue weighted by molar-refractivity contribution is -0.120. The highest BCUT2D eigenvalue weighted by Crippen LogP contribution is 2.27. The minimum atomic E-state index is -0.977. The van der Waals surface area contributed by atoms with Crippen LogP contribution in [-0.4, -0.2) is 37.0 Å². The second-order valence-electron chi connectivity index (χ2n) is 3.15. The number of allylic oxidation sites excluding steroid dienone is 3. The highest BCUT2D eigenvalue weighted by molar-refractivity contribution is 5.23. The number of aliphatic hydroxyl groups is 2. The zero-order valence-corrected chi connectivity index (χ0v) is 8.38. The van der Waals surface area contributed by atoms with E-state index in [0.717, 1.165) is 0 Å². The standard InChI is InChI=1S/C10H16O4/c1-13-9(11)7-5-3-4-6-8(7)10(12)14-2/h3-5,8-12H,6H2,1-2H3. The van der Waals surface area contributed by atoms with Gasteiger partial charge in [-0.2, -0.15) is 0 Å². The topological polar surface area (TPSA) is 58.9 Å². The van der Waals surface area contributed by atoms with E-state index in [4.69, 9.17) is 9.47 Å². The van der Waals surface area contributed by atoms with E-state index in [2.05, 4.69) is 0 Å². The SMILES string of the molecule is COC(O)C1=CC=CCC1C(O)OC. The second kappa shape index (κ2) is 5.26. The van der Waals surface area contributed by atoms with E-state index < -0.39 is 12.6 Å².